The van der Waals surface area contributed by atoms with E-state index in [4.69, 9.17) is 0 Å². The van der Waals surface area contributed by atoms with E-state index in [2.05, 4.69) is 27.2 Å². The van der Waals surface area contributed by atoms with Crippen molar-refractivity contribution in [3.63, 3.8) is 0 Å². The summed E-state index contributed by atoms with van der Waals surface area (Å²) in [7, 11) is 0. The highest BCUT2D eigenvalue weighted by Crippen LogP contribution is 2.32. The number of nitrogens with zero attached hydrogens (tertiary/aromatic N) is 2. The third kappa shape index (κ3) is 3.24. The van der Waals surface area contributed by atoms with Crippen molar-refractivity contribution in [1.82, 2.24) is 14.9 Å². The van der Waals surface area contributed by atoms with Crippen molar-refractivity contribution < 1.29 is 5.11 Å². The molecular formula is C16H21N3OS. The number of H-pyrrole nitrogens is 1. The fourth-order valence-electron chi connectivity index (χ4n) is 3.00. The van der Waals surface area contributed by atoms with E-state index in [1.807, 2.05) is 23.9 Å². The van der Waals surface area contributed by atoms with Gasteiger partial charge in [-0.25, -0.2) is 4.98 Å². The molecular weight excluding hydrogens is 282 g/mol. The molecule has 1 aromatic carbocycles. The number of aromatic amines is 1. The monoisotopic (exact) mass is 303 g/mol. The second-order valence-corrected chi connectivity index (χ2v) is 6.48. The lowest BCUT2D eigenvalue weighted by Crippen LogP contribution is -2.35. The zero-order valence-electron chi connectivity index (χ0n) is 12.2. The third-order valence-electron chi connectivity index (χ3n) is 4.00. The van der Waals surface area contributed by atoms with Crippen LogP contribution in [-0.4, -0.2) is 45.1 Å². The van der Waals surface area contributed by atoms with Gasteiger partial charge in [0.05, 0.1) is 17.7 Å². The van der Waals surface area contributed by atoms with Gasteiger partial charge in [-0.2, -0.15) is 11.8 Å². The number of fused-ring (bicyclic) bond motifs is 1. The van der Waals surface area contributed by atoms with Crippen LogP contribution in [0.1, 0.15) is 29.3 Å². The molecule has 1 unspecified atom stereocenters. The van der Waals surface area contributed by atoms with Gasteiger partial charge in [0.2, 0.25) is 0 Å². The zero-order valence-corrected chi connectivity index (χ0v) is 13.1. The van der Waals surface area contributed by atoms with E-state index in [0.29, 0.717) is 5.75 Å². The number of nitrogens with one attached hydrogen (secondary N) is 1. The Morgan fingerprint density at radius 2 is 2.38 bits per heavy atom. The van der Waals surface area contributed by atoms with Gasteiger partial charge in [-0.3, -0.25) is 4.90 Å². The van der Waals surface area contributed by atoms with Gasteiger partial charge in [-0.05, 0) is 42.7 Å². The van der Waals surface area contributed by atoms with E-state index in [0.717, 1.165) is 30.9 Å². The number of aromatic nitrogens is 2. The molecule has 0 fully saturated rings. The second kappa shape index (κ2) is 6.54. The first-order chi connectivity index (χ1) is 10.3. The Labute approximate surface area is 129 Å². The minimum absolute atomic E-state index is 0.237. The minimum Gasteiger partial charge on any atom is -0.508 e. The van der Waals surface area contributed by atoms with E-state index < -0.39 is 0 Å². The Bertz CT molecular complexity index is 599. The maximum Gasteiger partial charge on any atom is 0.115 e. The van der Waals surface area contributed by atoms with Crippen LogP contribution in [0, 0.1) is 0 Å². The molecule has 0 bridgehead atoms. The first-order valence-corrected chi connectivity index (χ1v) is 8.69. The van der Waals surface area contributed by atoms with Gasteiger partial charge in [0.1, 0.15) is 5.75 Å². The maximum atomic E-state index is 9.74. The first kappa shape index (κ1) is 14.5. The lowest BCUT2D eigenvalue weighted by atomic mass is 9.90. The first-order valence-electron chi connectivity index (χ1n) is 7.30. The number of benzene rings is 1. The smallest absolute Gasteiger partial charge is 0.115 e. The number of phenols is 1. The number of aromatic hydroxyl groups is 1. The SMILES string of the molecule is CSCCCN1Cc2[nH]cnc2C(c2cccc(O)c2)C1. The molecule has 0 radical (unpaired) electrons. The standard InChI is InChI=1S/C16H21N3OS/c1-21-7-3-6-19-9-14(12-4-2-5-13(20)8-12)16-15(10-19)17-11-18-16/h2,4-5,8,11,14,20H,3,6-7,9-10H2,1H3,(H,17,18). The van der Waals surface area contributed by atoms with Gasteiger partial charge < -0.3 is 10.1 Å². The molecule has 1 aromatic heterocycles. The van der Waals surface area contributed by atoms with Crippen LogP contribution < -0.4 is 0 Å². The summed E-state index contributed by atoms with van der Waals surface area (Å²) in [4.78, 5) is 10.3. The molecule has 21 heavy (non-hydrogen) atoms. The van der Waals surface area contributed by atoms with E-state index in [1.54, 1.807) is 12.4 Å². The quantitative estimate of drug-likeness (QED) is 0.834. The summed E-state index contributed by atoms with van der Waals surface area (Å²) in [5.41, 5.74) is 3.47. The zero-order chi connectivity index (χ0) is 14.7. The molecule has 1 aliphatic rings. The number of hydrogen-bond acceptors (Lipinski definition) is 4. The van der Waals surface area contributed by atoms with E-state index >= 15 is 0 Å². The molecule has 2 N–H and O–H groups in total. The summed E-state index contributed by atoms with van der Waals surface area (Å²) in [6.07, 6.45) is 5.14. The molecule has 1 atom stereocenters. The Hall–Kier alpha value is -1.46. The van der Waals surface area contributed by atoms with Crippen molar-refractivity contribution in [2.24, 2.45) is 0 Å². The van der Waals surface area contributed by atoms with Gasteiger partial charge in [0.25, 0.3) is 0 Å². The number of hydrogen-bond donors (Lipinski definition) is 2. The van der Waals surface area contributed by atoms with E-state index in [-0.39, 0.29) is 5.92 Å². The lowest BCUT2D eigenvalue weighted by Gasteiger charge is -2.32. The molecule has 0 aliphatic carbocycles. The maximum absolute atomic E-state index is 9.74. The van der Waals surface area contributed by atoms with Crippen molar-refractivity contribution in [2.45, 2.75) is 18.9 Å². The number of thioether (sulfide) groups is 1. The van der Waals surface area contributed by atoms with E-state index in [1.165, 1.54) is 17.9 Å². The highest BCUT2D eigenvalue weighted by atomic mass is 32.2. The average Bonchev–Trinajstić information content (AvgIpc) is 2.95. The summed E-state index contributed by atoms with van der Waals surface area (Å²) in [5.74, 6) is 1.76. The van der Waals surface area contributed by atoms with Crippen LogP contribution in [-0.2, 0) is 6.54 Å². The molecule has 2 heterocycles. The molecule has 0 spiro atoms. The van der Waals surface area contributed by atoms with Crippen LogP contribution >= 0.6 is 11.8 Å². The number of rotatable bonds is 5. The predicted molar refractivity (Wildman–Crippen MR) is 86.8 cm³/mol. The number of imidazole rings is 1. The molecule has 1 aliphatic heterocycles. The molecule has 3 rings (SSSR count). The van der Waals surface area contributed by atoms with Crippen LogP contribution in [0.2, 0.25) is 0 Å². The van der Waals surface area contributed by atoms with Crippen molar-refractivity contribution in [3.8, 4) is 5.75 Å². The van der Waals surface area contributed by atoms with E-state index in [9.17, 15) is 5.11 Å². The molecule has 0 saturated heterocycles. The average molecular weight is 303 g/mol. The predicted octanol–water partition coefficient (Wildman–Crippen LogP) is 2.82. The highest BCUT2D eigenvalue weighted by Gasteiger charge is 2.28. The minimum atomic E-state index is 0.237. The van der Waals surface area contributed by atoms with Crippen LogP contribution in [0.15, 0.2) is 30.6 Å². The van der Waals surface area contributed by atoms with Crippen LogP contribution in [0.5, 0.6) is 5.75 Å². The summed E-state index contributed by atoms with van der Waals surface area (Å²) in [6, 6.07) is 7.56. The molecule has 2 aromatic rings. The van der Waals surface area contributed by atoms with Gasteiger partial charge in [0.15, 0.2) is 0 Å². The second-order valence-electron chi connectivity index (χ2n) is 5.50. The Morgan fingerprint density at radius 1 is 1.48 bits per heavy atom. The fourth-order valence-corrected chi connectivity index (χ4v) is 3.42. The molecule has 5 heteroatoms. The Kier molecular flexibility index (Phi) is 4.51. The highest BCUT2D eigenvalue weighted by molar-refractivity contribution is 7.98. The normalized spacial score (nSPS) is 18.6. The van der Waals surface area contributed by atoms with Crippen LogP contribution in [0.25, 0.3) is 0 Å². The van der Waals surface area contributed by atoms with Gasteiger partial charge >= 0.3 is 0 Å². The van der Waals surface area contributed by atoms with Gasteiger partial charge in [-0.15, -0.1) is 0 Å². The number of phenolic OH excluding ortho intramolecular Hbond substituents is 1. The van der Waals surface area contributed by atoms with Gasteiger partial charge in [0, 0.05) is 19.0 Å². The Balaban J connectivity index is 1.82. The van der Waals surface area contributed by atoms with Crippen molar-refractivity contribution in [2.75, 3.05) is 25.1 Å². The molecule has 112 valence electrons. The van der Waals surface area contributed by atoms with Gasteiger partial charge in [-0.1, -0.05) is 12.1 Å². The van der Waals surface area contributed by atoms with Crippen molar-refractivity contribution in [3.05, 3.63) is 47.5 Å². The molecule has 0 amide bonds. The Morgan fingerprint density at radius 3 is 3.19 bits per heavy atom. The van der Waals surface area contributed by atoms with Crippen LogP contribution in [0.3, 0.4) is 0 Å². The largest absolute Gasteiger partial charge is 0.508 e. The lowest BCUT2D eigenvalue weighted by molar-refractivity contribution is 0.237. The third-order valence-corrected chi connectivity index (χ3v) is 4.70. The van der Waals surface area contributed by atoms with Crippen molar-refractivity contribution >= 4 is 11.8 Å². The van der Waals surface area contributed by atoms with Crippen molar-refractivity contribution in [1.29, 1.82) is 0 Å². The topological polar surface area (TPSA) is 52.2 Å². The fraction of sp³-hybridized carbons (Fsp3) is 0.438. The summed E-state index contributed by atoms with van der Waals surface area (Å²) >= 11 is 1.90. The van der Waals surface area contributed by atoms with Crippen LogP contribution in [0.4, 0.5) is 0 Å². The summed E-state index contributed by atoms with van der Waals surface area (Å²) in [5, 5.41) is 9.74. The molecule has 4 nitrogen and oxygen atoms in total. The molecule has 0 saturated carbocycles. The summed E-state index contributed by atoms with van der Waals surface area (Å²) in [6.45, 7) is 3.02. The summed E-state index contributed by atoms with van der Waals surface area (Å²) < 4.78 is 0.